The molecule has 4 aromatic rings. The number of hydrogen-bond donors (Lipinski definition) is 2. The van der Waals surface area contributed by atoms with Gasteiger partial charge in [-0.1, -0.05) is 22.6 Å². The van der Waals surface area contributed by atoms with Crippen molar-refractivity contribution < 1.29 is 9.59 Å². The zero-order valence-electron chi connectivity index (χ0n) is 18.4. The van der Waals surface area contributed by atoms with Gasteiger partial charge >= 0.3 is 0 Å². The Bertz CT molecular complexity index is 1210. The summed E-state index contributed by atoms with van der Waals surface area (Å²) in [6, 6.07) is 9.16. The normalized spacial score (nSPS) is 10.7. The van der Waals surface area contributed by atoms with Crippen LogP contribution in [0.3, 0.4) is 0 Å². The predicted molar refractivity (Wildman–Crippen MR) is 121 cm³/mol. The molecule has 34 heavy (non-hydrogen) atoms. The number of amides is 2. The number of aromatic nitrogens is 8. The Hall–Kier alpha value is -4.48. The van der Waals surface area contributed by atoms with E-state index in [0.717, 1.165) is 24.1 Å². The van der Waals surface area contributed by atoms with Crippen molar-refractivity contribution in [3.05, 3.63) is 78.3 Å². The Labute approximate surface area is 195 Å². The highest BCUT2D eigenvalue weighted by molar-refractivity contribution is 5.92. The molecule has 0 aliphatic heterocycles. The van der Waals surface area contributed by atoms with Crippen LogP contribution in [-0.4, -0.2) is 51.8 Å². The van der Waals surface area contributed by atoms with Crippen LogP contribution < -0.4 is 10.6 Å². The number of nitrogens with zero attached hydrogens (tertiary/aromatic N) is 8. The first-order valence-corrected chi connectivity index (χ1v) is 10.8. The zero-order chi connectivity index (χ0) is 23.6. The van der Waals surface area contributed by atoms with Gasteiger partial charge in [0.15, 0.2) is 11.5 Å². The lowest BCUT2D eigenvalue weighted by Gasteiger charge is -2.02. The van der Waals surface area contributed by atoms with Gasteiger partial charge in [-0.25, -0.2) is 0 Å². The maximum atomic E-state index is 12.2. The Morgan fingerprint density at radius 2 is 1.74 bits per heavy atom. The fourth-order valence-electron chi connectivity index (χ4n) is 3.16. The van der Waals surface area contributed by atoms with Crippen molar-refractivity contribution >= 4 is 17.6 Å². The number of hydrogen-bond acceptors (Lipinski definition) is 8. The fraction of sp³-hybridized carbons (Fsp3) is 0.273. The molecule has 174 valence electrons. The molecule has 0 aliphatic carbocycles. The minimum Gasteiger partial charge on any atom is -0.345 e. The van der Waals surface area contributed by atoms with E-state index in [2.05, 4.69) is 41.2 Å². The first-order chi connectivity index (χ1) is 16.7. The standard InChI is InChI=1S/C22H24N10O2/c33-21(12-17-6-5-8-23-13-17)26-20-16-32(30-28-20)11-4-3-10-31-15-19(27-29-31)22(34)25-14-18-7-1-2-9-24-18/h1-2,5-9,13,15-16H,3-4,10-12,14H2,(H,25,34)(H,26,33). The molecule has 0 bridgehead atoms. The third-order valence-electron chi connectivity index (χ3n) is 4.85. The minimum absolute atomic E-state index is 0.175. The fourth-order valence-corrected chi connectivity index (χ4v) is 3.16. The Morgan fingerprint density at radius 3 is 2.50 bits per heavy atom. The maximum Gasteiger partial charge on any atom is 0.273 e. The SMILES string of the molecule is O=C(Cc1cccnc1)Nc1cn(CCCCn2cc(C(=O)NCc3ccccn3)nn2)nn1. The van der Waals surface area contributed by atoms with E-state index in [4.69, 9.17) is 0 Å². The van der Waals surface area contributed by atoms with Crippen molar-refractivity contribution in [2.24, 2.45) is 0 Å². The van der Waals surface area contributed by atoms with Crippen LogP contribution in [-0.2, 0) is 30.8 Å². The number of rotatable bonds is 11. The maximum absolute atomic E-state index is 12.2. The average Bonchev–Trinajstić information content (AvgIpc) is 3.51. The second-order valence-corrected chi connectivity index (χ2v) is 7.53. The zero-order valence-corrected chi connectivity index (χ0v) is 18.4. The van der Waals surface area contributed by atoms with Crippen molar-refractivity contribution in [1.29, 1.82) is 0 Å². The molecule has 2 amide bonds. The molecule has 0 saturated heterocycles. The molecule has 0 radical (unpaired) electrons. The molecular formula is C22H24N10O2. The topological polar surface area (TPSA) is 145 Å². The number of anilines is 1. The van der Waals surface area contributed by atoms with Crippen LogP contribution in [0, 0.1) is 0 Å². The van der Waals surface area contributed by atoms with Crippen LogP contribution in [0.25, 0.3) is 0 Å². The summed E-state index contributed by atoms with van der Waals surface area (Å²) >= 11 is 0. The lowest BCUT2D eigenvalue weighted by Crippen LogP contribution is -2.23. The number of nitrogens with one attached hydrogen (secondary N) is 2. The van der Waals surface area contributed by atoms with Gasteiger partial charge in [0.2, 0.25) is 5.91 Å². The molecule has 4 rings (SSSR count). The van der Waals surface area contributed by atoms with E-state index in [-0.39, 0.29) is 23.9 Å². The van der Waals surface area contributed by atoms with Gasteiger partial charge in [0.25, 0.3) is 5.91 Å². The lowest BCUT2D eigenvalue weighted by molar-refractivity contribution is -0.115. The van der Waals surface area contributed by atoms with Gasteiger partial charge < -0.3 is 10.6 Å². The van der Waals surface area contributed by atoms with E-state index >= 15 is 0 Å². The lowest BCUT2D eigenvalue weighted by atomic mass is 10.2. The molecule has 4 heterocycles. The molecule has 0 fully saturated rings. The first-order valence-electron chi connectivity index (χ1n) is 10.8. The van der Waals surface area contributed by atoms with Crippen LogP contribution in [0.2, 0.25) is 0 Å². The molecule has 0 spiro atoms. The van der Waals surface area contributed by atoms with E-state index in [0.29, 0.717) is 25.5 Å². The van der Waals surface area contributed by atoms with Gasteiger partial charge in [-0.05, 0) is 36.6 Å². The van der Waals surface area contributed by atoms with E-state index in [1.807, 2.05) is 24.3 Å². The molecule has 0 aliphatic rings. The summed E-state index contributed by atoms with van der Waals surface area (Å²) in [6.07, 6.45) is 10.2. The summed E-state index contributed by atoms with van der Waals surface area (Å²) < 4.78 is 3.32. The van der Waals surface area contributed by atoms with E-state index in [1.165, 1.54) is 0 Å². The van der Waals surface area contributed by atoms with Crippen LogP contribution in [0.1, 0.15) is 34.6 Å². The highest BCUT2D eigenvalue weighted by Crippen LogP contribution is 2.05. The van der Waals surface area contributed by atoms with Gasteiger partial charge in [-0.15, -0.1) is 10.2 Å². The van der Waals surface area contributed by atoms with Gasteiger partial charge in [0.05, 0.1) is 31.1 Å². The molecule has 0 atom stereocenters. The van der Waals surface area contributed by atoms with Crippen molar-refractivity contribution in [3.63, 3.8) is 0 Å². The Morgan fingerprint density at radius 1 is 0.912 bits per heavy atom. The molecule has 0 aromatic carbocycles. The second kappa shape index (κ2) is 11.4. The summed E-state index contributed by atoms with van der Waals surface area (Å²) in [7, 11) is 0. The monoisotopic (exact) mass is 460 g/mol. The number of carbonyl (C=O) groups is 2. The van der Waals surface area contributed by atoms with Gasteiger partial charge in [0, 0.05) is 31.7 Å². The van der Waals surface area contributed by atoms with Crippen LogP contribution in [0.5, 0.6) is 0 Å². The summed E-state index contributed by atoms with van der Waals surface area (Å²) in [6.45, 7) is 1.58. The first kappa shape index (κ1) is 22.7. The van der Waals surface area contributed by atoms with Gasteiger partial charge in [-0.3, -0.25) is 28.9 Å². The van der Waals surface area contributed by atoms with E-state index in [1.54, 1.807) is 46.4 Å². The van der Waals surface area contributed by atoms with Crippen molar-refractivity contribution in [2.75, 3.05) is 5.32 Å². The van der Waals surface area contributed by atoms with Crippen LogP contribution in [0.4, 0.5) is 5.82 Å². The van der Waals surface area contributed by atoms with Crippen molar-refractivity contribution in [1.82, 2.24) is 45.3 Å². The Balaban J connectivity index is 1.15. The third-order valence-corrected chi connectivity index (χ3v) is 4.85. The molecule has 2 N–H and O–H groups in total. The molecule has 12 nitrogen and oxygen atoms in total. The smallest absolute Gasteiger partial charge is 0.273 e. The molecule has 12 heteroatoms. The minimum atomic E-state index is -0.294. The number of aryl methyl sites for hydroxylation is 2. The highest BCUT2D eigenvalue weighted by Gasteiger charge is 2.11. The Kier molecular flexibility index (Phi) is 7.62. The molecule has 4 aromatic heterocycles. The van der Waals surface area contributed by atoms with E-state index in [9.17, 15) is 9.59 Å². The van der Waals surface area contributed by atoms with Crippen LogP contribution in [0.15, 0.2) is 61.3 Å². The quantitative estimate of drug-likeness (QED) is 0.318. The molecular weight excluding hydrogens is 436 g/mol. The third kappa shape index (κ3) is 6.76. The summed E-state index contributed by atoms with van der Waals surface area (Å²) in [5, 5.41) is 21.5. The van der Waals surface area contributed by atoms with E-state index < -0.39 is 0 Å². The molecule has 0 unspecified atom stereocenters. The number of carbonyl (C=O) groups excluding carboxylic acids is 2. The summed E-state index contributed by atoms with van der Waals surface area (Å²) in [5.74, 6) is -0.0600. The van der Waals surface area contributed by atoms with Crippen molar-refractivity contribution in [2.45, 2.75) is 38.9 Å². The summed E-state index contributed by atoms with van der Waals surface area (Å²) in [5.41, 5.74) is 1.86. The second-order valence-electron chi connectivity index (χ2n) is 7.53. The van der Waals surface area contributed by atoms with Gasteiger partial charge in [-0.2, -0.15) is 0 Å². The highest BCUT2D eigenvalue weighted by atomic mass is 16.2. The number of unbranched alkanes of at least 4 members (excludes halogenated alkanes) is 1. The van der Waals surface area contributed by atoms with Crippen LogP contribution >= 0.6 is 0 Å². The largest absolute Gasteiger partial charge is 0.345 e. The molecule has 0 saturated carbocycles. The summed E-state index contributed by atoms with van der Waals surface area (Å²) in [4.78, 5) is 32.5. The number of pyridine rings is 2. The average molecular weight is 461 g/mol. The van der Waals surface area contributed by atoms with Gasteiger partial charge in [0.1, 0.15) is 0 Å². The van der Waals surface area contributed by atoms with Crippen molar-refractivity contribution in [3.8, 4) is 0 Å². The predicted octanol–water partition coefficient (Wildman–Crippen LogP) is 1.25.